The minimum atomic E-state index is -3.87. The minimum Gasteiger partial charge on any atom is -0.481 e. The molecule has 3 aromatic rings. The predicted molar refractivity (Wildman–Crippen MR) is 107 cm³/mol. The summed E-state index contributed by atoms with van der Waals surface area (Å²) >= 11 is 0. The van der Waals surface area contributed by atoms with Crippen LogP contribution in [-0.2, 0) is 14.8 Å². The molecule has 0 unspecified atom stereocenters. The van der Waals surface area contributed by atoms with Gasteiger partial charge in [0.2, 0.25) is 0 Å². The number of hydrogen-bond donors (Lipinski definition) is 1. The summed E-state index contributed by atoms with van der Waals surface area (Å²) in [5.41, 5.74) is 2.03. The molecule has 1 heterocycles. The number of carboxylic acid groups (broad SMARTS) is 1. The Balaban J connectivity index is 1.85. The number of benzene rings is 2. The van der Waals surface area contributed by atoms with Gasteiger partial charge in [-0.25, -0.2) is 8.42 Å². The van der Waals surface area contributed by atoms with Crippen LogP contribution in [0, 0.1) is 12.8 Å². The molecule has 2 aromatic carbocycles. The molecule has 28 heavy (non-hydrogen) atoms. The number of fused-ring (bicyclic) bond motifs is 1. The van der Waals surface area contributed by atoms with E-state index >= 15 is 0 Å². The first kappa shape index (κ1) is 18.4. The van der Waals surface area contributed by atoms with Crippen LogP contribution in [0.15, 0.2) is 65.7 Å². The van der Waals surface area contributed by atoms with E-state index in [2.05, 4.69) is 4.98 Å². The second-order valence-electron chi connectivity index (χ2n) is 7.13. The van der Waals surface area contributed by atoms with E-state index in [1.165, 1.54) is 4.31 Å². The molecule has 1 saturated carbocycles. The first-order chi connectivity index (χ1) is 13.4. The van der Waals surface area contributed by atoms with Gasteiger partial charge >= 0.3 is 5.97 Å². The largest absolute Gasteiger partial charge is 0.481 e. The second-order valence-corrected chi connectivity index (χ2v) is 8.94. The summed E-state index contributed by atoms with van der Waals surface area (Å²) in [6.45, 7) is 1.90. The van der Waals surface area contributed by atoms with Gasteiger partial charge in [0.1, 0.15) is 0 Å². The van der Waals surface area contributed by atoms with Crippen molar-refractivity contribution in [1.29, 1.82) is 0 Å². The molecule has 4 rings (SSSR count). The molecule has 0 amide bonds. The van der Waals surface area contributed by atoms with Crippen LogP contribution in [0.3, 0.4) is 0 Å². The fourth-order valence-electron chi connectivity index (χ4n) is 3.59. The van der Waals surface area contributed by atoms with Crippen molar-refractivity contribution in [3.8, 4) is 0 Å². The molecule has 0 aliphatic heterocycles. The zero-order chi connectivity index (χ0) is 19.9. The maximum Gasteiger partial charge on any atom is 0.306 e. The molecule has 1 N–H and O–H groups in total. The number of pyridine rings is 1. The van der Waals surface area contributed by atoms with E-state index in [1.54, 1.807) is 48.7 Å². The molecule has 6 nitrogen and oxygen atoms in total. The molecule has 0 bridgehead atoms. The Labute approximate surface area is 163 Å². The van der Waals surface area contributed by atoms with Crippen LogP contribution in [-0.4, -0.2) is 30.5 Å². The predicted octanol–water partition coefficient (Wildman–Crippen LogP) is 3.60. The molecule has 7 heteroatoms. The molecule has 0 atom stereocenters. The lowest BCUT2D eigenvalue weighted by Gasteiger charge is -2.41. The van der Waals surface area contributed by atoms with Crippen molar-refractivity contribution in [1.82, 2.24) is 4.98 Å². The highest BCUT2D eigenvalue weighted by molar-refractivity contribution is 7.92. The second kappa shape index (κ2) is 6.91. The fraction of sp³-hybridized carbons (Fsp3) is 0.238. The first-order valence-electron chi connectivity index (χ1n) is 9.05. The van der Waals surface area contributed by atoms with E-state index in [0.29, 0.717) is 11.2 Å². The Morgan fingerprint density at radius 3 is 2.43 bits per heavy atom. The van der Waals surface area contributed by atoms with E-state index in [9.17, 15) is 18.3 Å². The molecule has 1 aliphatic rings. The monoisotopic (exact) mass is 396 g/mol. The molecule has 144 valence electrons. The molecule has 0 radical (unpaired) electrons. The smallest absolute Gasteiger partial charge is 0.306 e. The number of nitrogens with zero attached hydrogens (tertiary/aromatic N) is 2. The fourth-order valence-corrected chi connectivity index (χ4v) is 5.27. The summed E-state index contributed by atoms with van der Waals surface area (Å²) in [5.74, 6) is -1.41. The third-order valence-corrected chi connectivity index (χ3v) is 7.10. The summed E-state index contributed by atoms with van der Waals surface area (Å²) in [7, 11) is -3.87. The van der Waals surface area contributed by atoms with Gasteiger partial charge in [0, 0.05) is 17.6 Å². The van der Waals surface area contributed by atoms with Crippen LogP contribution in [0.5, 0.6) is 0 Å². The zero-order valence-electron chi connectivity index (χ0n) is 15.3. The summed E-state index contributed by atoms with van der Waals surface area (Å²) in [5, 5.41) is 10.1. The number of rotatable bonds is 5. The number of carbonyl (C=O) groups is 1. The Kier molecular flexibility index (Phi) is 4.55. The van der Waals surface area contributed by atoms with Crippen molar-refractivity contribution in [2.24, 2.45) is 5.92 Å². The third kappa shape index (κ3) is 3.11. The van der Waals surface area contributed by atoms with Gasteiger partial charge in [0.25, 0.3) is 10.0 Å². The SMILES string of the molecule is Cc1ccc(S(=O)(=O)N(c2cccc3cccnc23)[C@H]2C[C@H](C(=O)O)C2)cc1. The maximum atomic E-state index is 13.5. The van der Waals surface area contributed by atoms with Gasteiger partial charge in [-0.3, -0.25) is 14.1 Å². The Hall–Kier alpha value is -2.93. The Morgan fingerprint density at radius 2 is 1.75 bits per heavy atom. The number of aryl methyl sites for hydroxylation is 1. The van der Waals surface area contributed by atoms with Crippen LogP contribution in [0.2, 0.25) is 0 Å². The standard InChI is InChI=1S/C21H20N2O4S/c1-14-7-9-18(10-8-14)28(26,27)23(17-12-16(13-17)21(24)25)19-6-2-4-15-5-3-11-22-20(15)19/h2-11,16-17H,12-13H2,1H3,(H,24,25)/t16-,17-. The molecule has 1 aliphatic carbocycles. The molecule has 0 saturated heterocycles. The number of sulfonamides is 1. The van der Waals surface area contributed by atoms with Crippen molar-refractivity contribution in [2.75, 3.05) is 4.31 Å². The summed E-state index contributed by atoms with van der Waals surface area (Å²) < 4.78 is 28.5. The number of aliphatic carboxylic acids is 1. The highest BCUT2D eigenvalue weighted by Gasteiger charge is 2.43. The highest BCUT2D eigenvalue weighted by Crippen LogP contribution is 2.40. The highest BCUT2D eigenvalue weighted by atomic mass is 32.2. The lowest BCUT2D eigenvalue weighted by Crippen LogP contribution is -2.50. The maximum absolute atomic E-state index is 13.5. The quantitative estimate of drug-likeness (QED) is 0.712. The van der Waals surface area contributed by atoms with Gasteiger partial charge in [0.05, 0.1) is 22.0 Å². The van der Waals surface area contributed by atoms with Crippen LogP contribution >= 0.6 is 0 Å². The molecule has 1 fully saturated rings. The average molecular weight is 396 g/mol. The van der Waals surface area contributed by atoms with E-state index in [-0.39, 0.29) is 17.7 Å². The molecular formula is C21H20N2O4S. The molecule has 1 aromatic heterocycles. The lowest BCUT2D eigenvalue weighted by atomic mass is 9.80. The number of anilines is 1. The summed E-state index contributed by atoms with van der Waals surface area (Å²) in [4.78, 5) is 15.9. The van der Waals surface area contributed by atoms with Gasteiger partial charge in [-0.2, -0.15) is 0 Å². The van der Waals surface area contributed by atoms with Gasteiger partial charge in [0.15, 0.2) is 0 Å². The van der Waals surface area contributed by atoms with Crippen molar-refractivity contribution < 1.29 is 18.3 Å². The zero-order valence-corrected chi connectivity index (χ0v) is 16.1. The Bertz CT molecular complexity index is 1130. The average Bonchev–Trinajstić information content (AvgIpc) is 2.64. The van der Waals surface area contributed by atoms with E-state index in [0.717, 1.165) is 10.9 Å². The van der Waals surface area contributed by atoms with Crippen molar-refractivity contribution >= 4 is 32.6 Å². The first-order valence-corrected chi connectivity index (χ1v) is 10.5. The van der Waals surface area contributed by atoms with E-state index < -0.39 is 28.0 Å². The van der Waals surface area contributed by atoms with Crippen LogP contribution < -0.4 is 4.31 Å². The van der Waals surface area contributed by atoms with Crippen molar-refractivity contribution in [3.05, 3.63) is 66.4 Å². The molecular weight excluding hydrogens is 376 g/mol. The third-order valence-electron chi connectivity index (χ3n) is 5.22. The van der Waals surface area contributed by atoms with Crippen LogP contribution in [0.25, 0.3) is 10.9 Å². The van der Waals surface area contributed by atoms with E-state index in [1.807, 2.05) is 19.1 Å². The van der Waals surface area contributed by atoms with Gasteiger partial charge in [-0.1, -0.05) is 35.9 Å². The van der Waals surface area contributed by atoms with Crippen LogP contribution in [0.1, 0.15) is 18.4 Å². The lowest BCUT2D eigenvalue weighted by molar-refractivity contribution is -0.144. The topological polar surface area (TPSA) is 87.6 Å². The van der Waals surface area contributed by atoms with Crippen LogP contribution in [0.4, 0.5) is 5.69 Å². The summed E-state index contributed by atoms with van der Waals surface area (Å²) in [6, 6.07) is 15.4. The summed E-state index contributed by atoms with van der Waals surface area (Å²) in [6.07, 6.45) is 2.19. The normalized spacial score (nSPS) is 19.2. The Morgan fingerprint density at radius 1 is 1.07 bits per heavy atom. The number of aromatic nitrogens is 1. The number of hydrogen-bond acceptors (Lipinski definition) is 4. The van der Waals surface area contributed by atoms with Crippen molar-refractivity contribution in [2.45, 2.75) is 30.7 Å². The van der Waals surface area contributed by atoms with Crippen molar-refractivity contribution in [3.63, 3.8) is 0 Å². The number of para-hydroxylation sites is 1. The van der Waals surface area contributed by atoms with Gasteiger partial charge in [-0.05, 0) is 44.0 Å². The van der Waals surface area contributed by atoms with Gasteiger partial charge < -0.3 is 5.11 Å². The molecule has 0 spiro atoms. The minimum absolute atomic E-state index is 0.185. The van der Waals surface area contributed by atoms with Gasteiger partial charge in [-0.15, -0.1) is 0 Å². The van der Waals surface area contributed by atoms with E-state index in [4.69, 9.17) is 0 Å². The number of carboxylic acids is 1.